The number of nitrogens with one attached hydrogen (secondary N) is 1. The van der Waals surface area contributed by atoms with E-state index in [1.54, 1.807) is 17.0 Å². The highest BCUT2D eigenvalue weighted by atomic mass is 35.5. The maximum Gasteiger partial charge on any atom is 0.225 e. The van der Waals surface area contributed by atoms with Gasteiger partial charge in [0.15, 0.2) is 5.75 Å². The Morgan fingerprint density at radius 3 is 2.92 bits per heavy atom. The number of halogens is 1. The van der Waals surface area contributed by atoms with Gasteiger partial charge >= 0.3 is 0 Å². The van der Waals surface area contributed by atoms with E-state index in [2.05, 4.69) is 9.97 Å². The summed E-state index contributed by atoms with van der Waals surface area (Å²) < 4.78 is 1.55. The van der Waals surface area contributed by atoms with Crippen molar-refractivity contribution in [3.63, 3.8) is 0 Å². The Balaban J connectivity index is 1.94. The van der Waals surface area contributed by atoms with Crippen LogP contribution in [0.2, 0.25) is 5.02 Å². The van der Waals surface area contributed by atoms with Crippen LogP contribution in [0, 0.1) is 0 Å². The number of aromatic amines is 1. The Labute approximate surface area is 147 Å². The van der Waals surface area contributed by atoms with Crippen LogP contribution in [0.25, 0.3) is 27.8 Å². The van der Waals surface area contributed by atoms with E-state index >= 15 is 0 Å². The van der Waals surface area contributed by atoms with E-state index in [1.165, 1.54) is 12.3 Å². The molecule has 0 amide bonds. The predicted octanol–water partition coefficient (Wildman–Crippen LogP) is 3.32. The van der Waals surface area contributed by atoms with Crippen molar-refractivity contribution in [1.82, 2.24) is 14.5 Å². The highest BCUT2D eigenvalue weighted by Gasteiger charge is 2.12. The number of fused-ring (bicyclic) bond motifs is 1. The minimum Gasteiger partial charge on any atom is -0.503 e. The van der Waals surface area contributed by atoms with Gasteiger partial charge in [0.1, 0.15) is 11.5 Å². The number of nitrogens with zero attached hydrogens (tertiary/aromatic N) is 2. The first-order valence-electron chi connectivity index (χ1n) is 7.48. The van der Waals surface area contributed by atoms with E-state index < -0.39 is 5.43 Å². The minimum absolute atomic E-state index is 0.229. The second kappa shape index (κ2) is 5.68. The highest BCUT2D eigenvalue weighted by molar-refractivity contribution is 6.34. The molecule has 25 heavy (non-hydrogen) atoms. The Morgan fingerprint density at radius 2 is 2.08 bits per heavy atom. The summed E-state index contributed by atoms with van der Waals surface area (Å²) in [6, 6.07) is 10.6. The number of nitrogens with two attached hydrogens (primary N) is 1. The molecule has 0 aliphatic carbocycles. The zero-order valence-electron chi connectivity index (χ0n) is 12.9. The first kappa shape index (κ1) is 15.3. The molecule has 124 valence electrons. The number of pyridine rings is 2. The van der Waals surface area contributed by atoms with E-state index in [0.29, 0.717) is 10.7 Å². The topological polar surface area (TPSA) is 96.9 Å². The Morgan fingerprint density at radius 1 is 1.24 bits per heavy atom. The highest BCUT2D eigenvalue weighted by Crippen LogP contribution is 2.34. The first-order valence-corrected chi connectivity index (χ1v) is 7.86. The Kier molecular flexibility index (Phi) is 3.47. The van der Waals surface area contributed by atoms with Gasteiger partial charge in [-0.05, 0) is 23.8 Å². The maximum absolute atomic E-state index is 11.5. The van der Waals surface area contributed by atoms with E-state index in [9.17, 15) is 9.90 Å². The summed E-state index contributed by atoms with van der Waals surface area (Å²) in [5, 5.41) is 11.1. The minimum atomic E-state index is -0.517. The summed E-state index contributed by atoms with van der Waals surface area (Å²) >= 11 is 6.38. The van der Waals surface area contributed by atoms with Crippen molar-refractivity contribution < 1.29 is 5.11 Å². The fourth-order valence-electron chi connectivity index (χ4n) is 2.85. The number of rotatable bonds is 2. The molecule has 0 aliphatic heterocycles. The smallest absolute Gasteiger partial charge is 0.225 e. The number of nitrogen functional groups attached to an aromatic ring is 1. The van der Waals surface area contributed by atoms with Gasteiger partial charge in [-0.1, -0.05) is 23.7 Å². The second-order valence-corrected chi connectivity index (χ2v) is 6.00. The summed E-state index contributed by atoms with van der Waals surface area (Å²) in [5.41, 5.74) is 8.56. The lowest BCUT2D eigenvalue weighted by Gasteiger charge is -2.13. The van der Waals surface area contributed by atoms with Crippen molar-refractivity contribution in [3.8, 4) is 22.6 Å². The van der Waals surface area contributed by atoms with Crippen molar-refractivity contribution >= 4 is 28.5 Å². The molecule has 0 aliphatic rings. The quantitative estimate of drug-likeness (QED) is 0.515. The third-order valence-corrected chi connectivity index (χ3v) is 4.30. The molecule has 7 heteroatoms. The number of anilines is 1. The van der Waals surface area contributed by atoms with Crippen LogP contribution in [0.3, 0.4) is 0 Å². The van der Waals surface area contributed by atoms with Crippen LogP contribution in [-0.2, 0) is 0 Å². The number of hydrogen-bond donors (Lipinski definition) is 3. The molecular formula is C18H13ClN4O2. The molecule has 6 nitrogen and oxygen atoms in total. The maximum atomic E-state index is 11.5. The summed E-state index contributed by atoms with van der Waals surface area (Å²) in [7, 11) is 0. The summed E-state index contributed by atoms with van der Waals surface area (Å²) in [6.07, 6.45) is 4.71. The lowest BCUT2D eigenvalue weighted by molar-refractivity contribution is 0.466. The van der Waals surface area contributed by atoms with Gasteiger partial charge in [-0.3, -0.25) is 9.36 Å². The van der Waals surface area contributed by atoms with Crippen LogP contribution in [0.1, 0.15) is 0 Å². The molecule has 0 unspecified atom stereocenters. The van der Waals surface area contributed by atoms with Crippen LogP contribution in [0.15, 0.2) is 59.8 Å². The summed E-state index contributed by atoms with van der Waals surface area (Å²) in [5.74, 6) is -0.137. The molecule has 4 N–H and O–H groups in total. The molecule has 4 aromatic rings. The fourth-order valence-corrected chi connectivity index (χ4v) is 3.11. The molecular weight excluding hydrogens is 340 g/mol. The average Bonchev–Trinajstić information content (AvgIpc) is 3.06. The Bertz CT molecular complexity index is 1160. The van der Waals surface area contributed by atoms with Crippen molar-refractivity contribution in [3.05, 3.63) is 70.2 Å². The number of H-pyrrole nitrogens is 1. The lowest BCUT2D eigenvalue weighted by Crippen LogP contribution is -2.10. The normalized spacial score (nSPS) is 11.1. The lowest BCUT2D eigenvalue weighted by atomic mass is 10.0. The van der Waals surface area contributed by atoms with Gasteiger partial charge in [0, 0.05) is 35.1 Å². The zero-order chi connectivity index (χ0) is 17.6. The Hall–Kier alpha value is -3.25. The first-order chi connectivity index (χ1) is 12.0. The average molecular weight is 353 g/mol. The van der Waals surface area contributed by atoms with Crippen LogP contribution >= 0.6 is 11.6 Å². The molecule has 0 atom stereocenters. The molecule has 3 aromatic heterocycles. The standard InChI is InChI=1S/C18H13ClN4O2/c19-13-8-22-18-12(4-5-21-18)17(13)10-2-1-3-11(6-10)23-9-15(25)14(24)7-16(23)20/h1-9,25H,20H2,(H,21,22). The second-order valence-electron chi connectivity index (χ2n) is 5.59. The number of aromatic nitrogens is 3. The molecule has 1 aromatic carbocycles. The molecule has 0 radical (unpaired) electrons. The van der Waals surface area contributed by atoms with Crippen LogP contribution in [0.4, 0.5) is 5.82 Å². The third kappa shape index (κ3) is 2.53. The van der Waals surface area contributed by atoms with Crippen molar-refractivity contribution in [1.29, 1.82) is 0 Å². The number of benzene rings is 1. The van der Waals surface area contributed by atoms with E-state index in [1.807, 2.05) is 30.3 Å². The van der Waals surface area contributed by atoms with E-state index in [0.717, 1.165) is 22.2 Å². The van der Waals surface area contributed by atoms with Crippen LogP contribution < -0.4 is 11.2 Å². The zero-order valence-corrected chi connectivity index (χ0v) is 13.7. The van der Waals surface area contributed by atoms with Crippen molar-refractivity contribution in [2.75, 3.05) is 5.73 Å². The van der Waals surface area contributed by atoms with E-state index in [-0.39, 0.29) is 11.6 Å². The van der Waals surface area contributed by atoms with Gasteiger partial charge in [0.25, 0.3) is 0 Å². The molecule has 0 saturated heterocycles. The van der Waals surface area contributed by atoms with Crippen LogP contribution in [0.5, 0.6) is 5.75 Å². The van der Waals surface area contributed by atoms with Gasteiger partial charge in [0.2, 0.25) is 5.43 Å². The monoisotopic (exact) mass is 352 g/mol. The summed E-state index contributed by atoms with van der Waals surface area (Å²) in [6.45, 7) is 0. The molecule has 0 saturated carbocycles. The third-order valence-electron chi connectivity index (χ3n) is 4.01. The molecule has 4 rings (SSSR count). The van der Waals surface area contributed by atoms with Gasteiger partial charge in [0.05, 0.1) is 11.2 Å². The number of hydrogen-bond acceptors (Lipinski definition) is 4. The fraction of sp³-hybridized carbons (Fsp3) is 0. The van der Waals surface area contributed by atoms with Gasteiger partial charge in [-0.2, -0.15) is 0 Å². The number of aromatic hydroxyl groups is 1. The van der Waals surface area contributed by atoms with Crippen LogP contribution in [-0.4, -0.2) is 19.6 Å². The summed E-state index contributed by atoms with van der Waals surface area (Å²) in [4.78, 5) is 18.8. The SMILES string of the molecule is Nc1cc(=O)c(O)cn1-c1cccc(-c2c(Cl)cnc3[nH]ccc23)c1. The molecule has 0 fully saturated rings. The van der Waals surface area contributed by atoms with E-state index in [4.69, 9.17) is 17.3 Å². The van der Waals surface area contributed by atoms with Gasteiger partial charge in [-0.25, -0.2) is 4.98 Å². The van der Waals surface area contributed by atoms with Gasteiger partial charge in [-0.15, -0.1) is 0 Å². The van der Waals surface area contributed by atoms with Crippen molar-refractivity contribution in [2.24, 2.45) is 0 Å². The van der Waals surface area contributed by atoms with Crippen molar-refractivity contribution in [2.45, 2.75) is 0 Å². The predicted molar refractivity (Wildman–Crippen MR) is 98.2 cm³/mol. The van der Waals surface area contributed by atoms with Gasteiger partial charge < -0.3 is 15.8 Å². The molecule has 3 heterocycles. The molecule has 0 spiro atoms. The largest absolute Gasteiger partial charge is 0.503 e. The molecule has 0 bridgehead atoms.